The highest BCUT2D eigenvalue weighted by atomic mass is 35.5. The minimum Gasteiger partial charge on any atom is -0.478 e. The Morgan fingerprint density at radius 2 is 1.83 bits per heavy atom. The average molecular weight is 355 g/mol. The number of fused-ring (bicyclic) bond motifs is 3. The lowest BCUT2D eigenvalue weighted by Gasteiger charge is -2.11. The zero-order chi connectivity index (χ0) is 16.7. The summed E-state index contributed by atoms with van der Waals surface area (Å²) in [7, 11) is 0. The van der Waals surface area contributed by atoms with Gasteiger partial charge in [-0.05, 0) is 23.6 Å². The Balaban J connectivity index is 2.00. The molecule has 2 aromatic heterocycles. The molecular weight excluding hydrogens is 344 g/mol. The number of para-hydroxylation sites is 2. The number of thiophene rings is 1. The van der Waals surface area contributed by atoms with Gasteiger partial charge in [0.15, 0.2) is 0 Å². The summed E-state index contributed by atoms with van der Waals surface area (Å²) in [5.74, 6) is -0.396. The molecule has 2 N–H and O–H groups in total. The molecule has 0 bridgehead atoms. The minimum absolute atomic E-state index is 0.183. The van der Waals surface area contributed by atoms with E-state index < -0.39 is 5.97 Å². The van der Waals surface area contributed by atoms with Gasteiger partial charge in [0.05, 0.1) is 21.8 Å². The van der Waals surface area contributed by atoms with Gasteiger partial charge in [-0.2, -0.15) is 11.3 Å². The van der Waals surface area contributed by atoms with E-state index >= 15 is 0 Å². The van der Waals surface area contributed by atoms with Crippen LogP contribution >= 0.6 is 22.9 Å². The summed E-state index contributed by atoms with van der Waals surface area (Å²) in [6.45, 7) is 0. The molecule has 0 saturated carbocycles. The van der Waals surface area contributed by atoms with Crippen LogP contribution in [0, 0.1) is 0 Å². The molecule has 0 radical (unpaired) electrons. The molecule has 4 aromatic rings. The van der Waals surface area contributed by atoms with Crippen LogP contribution in [0.4, 0.5) is 11.5 Å². The van der Waals surface area contributed by atoms with E-state index in [9.17, 15) is 9.90 Å². The lowest BCUT2D eigenvalue weighted by atomic mass is 10.1. The van der Waals surface area contributed by atoms with Crippen molar-refractivity contribution in [1.29, 1.82) is 0 Å². The molecule has 4 rings (SSSR count). The number of aromatic carboxylic acids is 1. The molecule has 0 saturated heterocycles. The van der Waals surface area contributed by atoms with Gasteiger partial charge in [0, 0.05) is 21.5 Å². The molecule has 118 valence electrons. The summed E-state index contributed by atoms with van der Waals surface area (Å²) in [4.78, 5) is 16.1. The molecule has 0 amide bonds. The van der Waals surface area contributed by atoms with Crippen molar-refractivity contribution in [1.82, 2.24) is 4.98 Å². The van der Waals surface area contributed by atoms with E-state index in [1.54, 1.807) is 29.5 Å². The number of pyridine rings is 1. The molecule has 0 atom stereocenters. The maximum Gasteiger partial charge on any atom is 0.337 e. The van der Waals surface area contributed by atoms with Crippen LogP contribution in [0.25, 0.3) is 21.7 Å². The number of hydrogen-bond donors (Lipinski definition) is 2. The Labute approximate surface area is 146 Å². The van der Waals surface area contributed by atoms with Gasteiger partial charge in [-0.25, -0.2) is 9.78 Å². The van der Waals surface area contributed by atoms with Crippen LogP contribution in [-0.2, 0) is 0 Å². The molecule has 0 spiro atoms. The zero-order valence-corrected chi connectivity index (χ0v) is 13.9. The highest BCUT2D eigenvalue weighted by Gasteiger charge is 2.15. The number of hydrogen-bond acceptors (Lipinski definition) is 4. The third-order valence-corrected chi connectivity index (χ3v) is 4.90. The molecule has 0 aliphatic carbocycles. The fourth-order valence-electron chi connectivity index (χ4n) is 2.70. The van der Waals surface area contributed by atoms with Gasteiger partial charge in [-0.1, -0.05) is 35.9 Å². The van der Waals surface area contributed by atoms with E-state index in [1.807, 2.05) is 35.0 Å². The largest absolute Gasteiger partial charge is 0.478 e. The van der Waals surface area contributed by atoms with Gasteiger partial charge in [-0.3, -0.25) is 0 Å². The summed E-state index contributed by atoms with van der Waals surface area (Å²) >= 11 is 7.77. The van der Waals surface area contributed by atoms with Crippen LogP contribution in [-0.4, -0.2) is 16.1 Å². The number of carboxylic acid groups (broad SMARTS) is 1. The first-order valence-electron chi connectivity index (χ1n) is 7.18. The van der Waals surface area contributed by atoms with E-state index in [0.29, 0.717) is 16.4 Å². The van der Waals surface area contributed by atoms with Crippen molar-refractivity contribution in [2.45, 2.75) is 0 Å². The van der Waals surface area contributed by atoms with Crippen molar-refractivity contribution in [3.63, 3.8) is 0 Å². The van der Waals surface area contributed by atoms with Gasteiger partial charge < -0.3 is 10.4 Å². The van der Waals surface area contributed by atoms with E-state index in [4.69, 9.17) is 11.6 Å². The van der Waals surface area contributed by atoms with Crippen LogP contribution in [0.2, 0.25) is 5.02 Å². The lowest BCUT2D eigenvalue weighted by molar-refractivity contribution is 0.0699. The number of aromatic nitrogens is 1. The lowest BCUT2D eigenvalue weighted by Crippen LogP contribution is -2.01. The van der Waals surface area contributed by atoms with Gasteiger partial charge in [0.2, 0.25) is 0 Å². The number of nitrogens with one attached hydrogen (secondary N) is 1. The second-order valence-electron chi connectivity index (χ2n) is 5.27. The molecule has 0 aliphatic heterocycles. The van der Waals surface area contributed by atoms with Crippen LogP contribution in [0.15, 0.2) is 53.2 Å². The maximum absolute atomic E-state index is 11.5. The summed E-state index contributed by atoms with van der Waals surface area (Å²) in [6, 6.07) is 12.6. The first kappa shape index (κ1) is 14.9. The summed E-state index contributed by atoms with van der Waals surface area (Å²) in [5, 5.41) is 20.0. The summed E-state index contributed by atoms with van der Waals surface area (Å²) < 4.78 is 0. The standard InChI is InChI=1S/C18H11ClN2O2S/c19-14-6-1-2-7-15(14)20-17-13-9-24-8-12(13)10-4-3-5-11(18(22)23)16(10)21-17/h1-9H,(H,20,21)(H,22,23). The molecule has 0 fully saturated rings. The Bertz CT molecular complexity index is 1090. The molecule has 2 aromatic carbocycles. The number of rotatable bonds is 3. The second-order valence-corrected chi connectivity index (χ2v) is 6.42. The predicted molar refractivity (Wildman–Crippen MR) is 98.8 cm³/mol. The van der Waals surface area contributed by atoms with Crippen molar-refractivity contribution in [2.75, 3.05) is 5.32 Å². The Morgan fingerprint density at radius 3 is 2.62 bits per heavy atom. The van der Waals surface area contributed by atoms with Gasteiger partial charge in [-0.15, -0.1) is 0 Å². The first-order valence-corrected chi connectivity index (χ1v) is 8.50. The average Bonchev–Trinajstić information content (AvgIpc) is 3.06. The molecule has 4 nitrogen and oxygen atoms in total. The van der Waals surface area contributed by atoms with Crippen LogP contribution in [0.3, 0.4) is 0 Å². The fraction of sp³-hybridized carbons (Fsp3) is 0. The third kappa shape index (κ3) is 2.38. The van der Waals surface area contributed by atoms with Crippen LogP contribution < -0.4 is 5.32 Å². The Kier molecular flexibility index (Phi) is 3.59. The molecule has 2 heterocycles. The number of carbonyl (C=O) groups is 1. The summed E-state index contributed by atoms with van der Waals surface area (Å²) in [5.41, 5.74) is 1.37. The van der Waals surface area contributed by atoms with Crippen molar-refractivity contribution >= 4 is 62.1 Å². The first-order chi connectivity index (χ1) is 11.6. The number of nitrogens with zero attached hydrogens (tertiary/aromatic N) is 1. The van der Waals surface area contributed by atoms with Crippen LogP contribution in [0.5, 0.6) is 0 Å². The molecule has 6 heteroatoms. The maximum atomic E-state index is 11.5. The van der Waals surface area contributed by atoms with E-state index in [2.05, 4.69) is 10.3 Å². The third-order valence-electron chi connectivity index (χ3n) is 3.82. The molecule has 0 aliphatic rings. The molecular formula is C18H11ClN2O2S. The van der Waals surface area contributed by atoms with Crippen LogP contribution in [0.1, 0.15) is 10.4 Å². The predicted octanol–water partition coefficient (Wildman–Crippen LogP) is 5.54. The van der Waals surface area contributed by atoms with E-state index in [1.165, 1.54) is 0 Å². The van der Waals surface area contributed by atoms with Gasteiger partial charge >= 0.3 is 5.97 Å². The second kappa shape index (κ2) is 5.78. The Hall–Kier alpha value is -2.63. The van der Waals surface area contributed by atoms with Gasteiger partial charge in [0.25, 0.3) is 0 Å². The highest BCUT2D eigenvalue weighted by Crippen LogP contribution is 2.35. The summed E-state index contributed by atoms with van der Waals surface area (Å²) in [6.07, 6.45) is 0. The van der Waals surface area contributed by atoms with E-state index in [-0.39, 0.29) is 5.56 Å². The SMILES string of the molecule is O=C(O)c1cccc2c1nc(Nc1ccccc1Cl)c1cscc12. The smallest absolute Gasteiger partial charge is 0.337 e. The normalized spacial score (nSPS) is 11.0. The zero-order valence-electron chi connectivity index (χ0n) is 12.3. The number of carboxylic acids is 1. The van der Waals surface area contributed by atoms with Crippen molar-refractivity contribution in [2.24, 2.45) is 0 Å². The fourth-order valence-corrected chi connectivity index (χ4v) is 3.72. The number of benzene rings is 2. The highest BCUT2D eigenvalue weighted by molar-refractivity contribution is 7.09. The van der Waals surface area contributed by atoms with Crippen molar-refractivity contribution in [3.8, 4) is 0 Å². The molecule has 0 unspecified atom stereocenters. The van der Waals surface area contributed by atoms with Crippen molar-refractivity contribution in [3.05, 3.63) is 63.8 Å². The molecule has 24 heavy (non-hydrogen) atoms. The monoisotopic (exact) mass is 354 g/mol. The number of halogens is 1. The quantitative estimate of drug-likeness (QED) is 0.506. The Morgan fingerprint density at radius 1 is 1.04 bits per heavy atom. The van der Waals surface area contributed by atoms with Gasteiger partial charge in [0.1, 0.15) is 5.82 Å². The topological polar surface area (TPSA) is 62.2 Å². The number of anilines is 2. The minimum atomic E-state index is -0.994. The van der Waals surface area contributed by atoms with Crippen molar-refractivity contribution < 1.29 is 9.90 Å². The van der Waals surface area contributed by atoms with E-state index in [0.717, 1.165) is 21.8 Å².